The van der Waals surface area contributed by atoms with Gasteiger partial charge in [0, 0.05) is 0 Å². The molecule has 0 spiro atoms. The van der Waals surface area contributed by atoms with Crippen molar-refractivity contribution in [3.63, 3.8) is 0 Å². The average molecular weight is 2110 g/mol. The summed E-state index contributed by atoms with van der Waals surface area (Å²) < 4.78 is 151. The van der Waals surface area contributed by atoms with Crippen LogP contribution in [0.4, 0.5) is 0 Å². The first-order chi connectivity index (χ1) is 68.0. The molecule has 27 rings (SSSR count). The molecule has 27 aliphatic heterocycles. The van der Waals surface area contributed by atoms with E-state index in [0.717, 1.165) is 0 Å². The highest BCUT2D eigenvalue weighted by Gasteiger charge is 2.64. The minimum Gasteiger partial charge on any atom is -0.394 e. The monoisotopic (exact) mass is 2110 g/mol. The Morgan fingerprint density at radius 1 is 0.126 bits per heavy atom. The Balaban J connectivity index is 0.712. The number of aliphatic hydroxyl groups is 39. The first-order valence-corrected chi connectivity index (χ1v) is 45.7. The average Bonchev–Trinajstić information content (AvgIpc) is 0.818. The van der Waals surface area contributed by atoms with Gasteiger partial charge in [-0.15, -0.1) is 0 Å². The molecule has 27 aliphatic rings. The summed E-state index contributed by atoms with van der Waals surface area (Å²) >= 11 is 0. The lowest BCUT2D eigenvalue weighted by Crippen LogP contribution is -2.68. The Morgan fingerprint density at radius 3 is 0.469 bits per heavy atom. The molecule has 65 nitrogen and oxygen atoms in total. The van der Waals surface area contributed by atoms with E-state index < -0.39 is 485 Å². The molecule has 0 aromatic heterocycles. The van der Waals surface area contributed by atoms with E-state index in [2.05, 4.69) is 0 Å². The third-order valence-corrected chi connectivity index (χ3v) is 27.4. The lowest BCUT2D eigenvalue weighted by atomic mass is 9.95. The second kappa shape index (κ2) is 49.9. The van der Waals surface area contributed by atoms with Crippen LogP contribution in [0.3, 0.4) is 0 Å². The van der Waals surface area contributed by atoms with Crippen molar-refractivity contribution in [1.82, 2.24) is 0 Å². The van der Waals surface area contributed by atoms with Gasteiger partial charge in [-0.3, -0.25) is 0 Å². The van der Waals surface area contributed by atoms with Gasteiger partial charge in [-0.1, -0.05) is 0 Å². The maximum Gasteiger partial charge on any atom is 0.187 e. The SMILES string of the molecule is OC[C@H]1O[C@H](O[C@H]2[C@H](O)[C@@H](O)[C@@H](O[C@H]3[C@H](O)[C@@H](O)[C@@H](OC[C@H]4O[C@@H]5O[C@H]6[C@H](O)[C@@H](O)[C@@H](O[C@H]7[C@H](O)[C@@H](O)[C@@H](O[C@H]8[C@H](O)[C@@H](O)[C@@H](O[C@H]9[C@H](O)[C@@H](O)[C@@H](O[C@H]%10[C@H](O)[C@@H](O)[C@@H](O[C@H]%11[C@H](O)[C@@H](O)[C@@H](O[C@H]4[C@H](O)[C@H]5O)O[C@@H]%11CO)O[C@@H]%10CO)O[C@@H]9CO)O[C@@H]8CO[C@H]4O[C@H](CO)[C@@H](O[C@H]5O[C@H](CO)[C@@H](O[C@H]8O[C@H](CO)[C@@H](O)[C@H](O)[C@H]8O)[C@H](O)[C@H]5O)[C@H](O)[C@H]4O)O[C@@H]7CO)O[C@@H]6CO)O[C@@H]3CO)O[C@@H]2CO)[C@H](O)[C@@H](O)[C@@H]1O. The maximum absolute atomic E-state index is 12.2. The van der Waals surface area contributed by atoms with E-state index in [1.54, 1.807) is 0 Å². The van der Waals surface area contributed by atoms with E-state index in [4.69, 9.17) is 123 Å². The van der Waals surface area contributed by atoms with Gasteiger partial charge in [0.05, 0.1) is 85.9 Å². The predicted octanol–water partition coefficient (Wildman–Crippen LogP) is -28.3. The number of hydrogen-bond donors (Lipinski definition) is 39. The fourth-order valence-electron chi connectivity index (χ4n) is 19.1. The van der Waals surface area contributed by atoms with Crippen molar-refractivity contribution < 1.29 is 322 Å². The normalized spacial score (nSPS) is 54.9. The molecular weight excluding hydrogens is 1980 g/mol. The van der Waals surface area contributed by atoms with Crippen molar-refractivity contribution in [2.24, 2.45) is 0 Å². The summed E-state index contributed by atoms with van der Waals surface area (Å²) in [7, 11) is 0. The Kier molecular flexibility index (Phi) is 40.4. The van der Waals surface area contributed by atoms with Crippen LogP contribution in [0.2, 0.25) is 0 Å². The highest BCUT2D eigenvalue weighted by atomic mass is 16.8. The van der Waals surface area contributed by atoms with Gasteiger partial charge >= 0.3 is 0 Å². The summed E-state index contributed by atoms with van der Waals surface area (Å²) in [5.41, 5.74) is 0. The van der Waals surface area contributed by atoms with E-state index in [0.29, 0.717) is 0 Å². The zero-order chi connectivity index (χ0) is 104. The molecule has 0 unspecified atom stereocenters. The molecule has 0 saturated carbocycles. The molecule has 0 aromatic rings. The molecule has 27 saturated heterocycles. The van der Waals surface area contributed by atoms with Gasteiger partial charge in [0.25, 0.3) is 0 Å². The first kappa shape index (κ1) is 116. The van der Waals surface area contributed by atoms with Crippen LogP contribution >= 0.6 is 0 Å². The molecule has 27 heterocycles. The van der Waals surface area contributed by atoms with Gasteiger partial charge in [-0.25, -0.2) is 0 Å². The van der Waals surface area contributed by atoms with Crippen LogP contribution in [-0.4, -0.2) is 684 Å². The first-order valence-electron chi connectivity index (χ1n) is 45.7. The zero-order valence-electron chi connectivity index (χ0n) is 74.8. The van der Waals surface area contributed by atoms with E-state index in [9.17, 15) is 199 Å². The van der Waals surface area contributed by atoms with Gasteiger partial charge in [-0.2, -0.15) is 0 Å². The van der Waals surface area contributed by atoms with Gasteiger partial charge in [0.1, 0.15) is 317 Å². The second-order valence-electron chi connectivity index (χ2n) is 36.6. The predicted molar refractivity (Wildman–Crippen MR) is 424 cm³/mol. The van der Waals surface area contributed by atoms with E-state index in [1.807, 2.05) is 0 Å². The highest BCUT2D eigenvalue weighted by Crippen LogP contribution is 2.44. The van der Waals surface area contributed by atoms with Crippen LogP contribution in [0.15, 0.2) is 0 Å². The summed E-state index contributed by atoms with van der Waals surface area (Å²) in [4.78, 5) is 0. The molecule has 14 bridgehead atoms. The smallest absolute Gasteiger partial charge is 0.187 e. The van der Waals surface area contributed by atoms with E-state index in [1.165, 1.54) is 0 Å². The molecule has 27 fully saturated rings. The van der Waals surface area contributed by atoms with Crippen LogP contribution in [-0.2, 0) is 123 Å². The number of hydrogen-bond acceptors (Lipinski definition) is 65. The molecule has 39 N–H and O–H groups in total. The highest BCUT2D eigenvalue weighted by molar-refractivity contribution is 5.06. The quantitative estimate of drug-likeness (QED) is 0.0404. The van der Waals surface area contributed by atoms with Crippen LogP contribution in [0.5, 0.6) is 0 Å². The summed E-state index contributed by atoms with van der Waals surface area (Å²) in [6.07, 6.45) is -143. The van der Waals surface area contributed by atoms with Gasteiger partial charge in [0.15, 0.2) is 81.8 Å². The van der Waals surface area contributed by atoms with E-state index >= 15 is 0 Å². The molecule has 65 heteroatoms. The van der Waals surface area contributed by atoms with Crippen molar-refractivity contribution in [3.8, 4) is 0 Å². The van der Waals surface area contributed by atoms with Crippen molar-refractivity contribution in [2.45, 2.75) is 399 Å². The zero-order valence-corrected chi connectivity index (χ0v) is 74.8. The summed E-state index contributed by atoms with van der Waals surface area (Å²) in [5, 5.41) is 438. The topological polar surface area (TPSA) is 1030 Å². The van der Waals surface area contributed by atoms with Crippen LogP contribution < -0.4 is 0 Å². The van der Waals surface area contributed by atoms with E-state index in [-0.39, 0.29) is 0 Å². The number of ether oxygens (including phenoxy) is 26. The molecule has 832 valence electrons. The third kappa shape index (κ3) is 23.7. The number of rotatable bonds is 25. The largest absolute Gasteiger partial charge is 0.394 e. The standard InChI is InChI=1S/C78H130O65/c79-1-14-27(90)29(92)42(105)68(120-14)133-57-18(5-83)124-70(46(109)33(57)96)135-55-16(3-81)122-66(44(107)31(55)94)118-12-25-64-41(104)54(117)78(132-25)141-63-24(11-89)128-74(50(113)37(63)100)139-61-22(9-87)130-76(52(115)39(61)102)143-65-26(13-119-67-45(108)32(95)56(17(4-82)123-67)136-71-47(110)34(97)58(19(6-84)125-71)134-69-43(106)30(93)28(91)15(2-80)121-69)131-77(53(116)40(65)103)140-62-23(10-88)127-73(49(112)36(62)99)137-59-20(7-85)126-72(48(111)35(59)98)138-60-21(8-86)129-75(142-64)51(114)38(60)101/h14-117H,1-13H2/t14-,15-,16-,17-,18-,19-,20-,21-,22-,23-,24-,25-,26-,27-,28-,29+,30+,31-,32-,33-,34-,35-,36-,37-,38-,39-,40-,41-,42-,43-,44-,45-,46-,47-,48-,49-,50-,51-,52-,53-,54-,55-,56-,57-,58-,59-,60-,61-,62-,63-,64-,65-,66+,67+,68-,69-,70-,71-,72-,73-,74-,75-,76-,77-,78-/m1/s1. The van der Waals surface area contributed by atoms with Gasteiger partial charge in [0.2, 0.25) is 0 Å². The Hall–Kier alpha value is -2.60. The Labute approximate surface area is 805 Å². The van der Waals surface area contributed by atoms with Gasteiger partial charge in [-0.05, 0) is 0 Å². The lowest BCUT2D eigenvalue weighted by Gasteiger charge is -2.50. The fourth-order valence-corrected chi connectivity index (χ4v) is 19.1. The Bertz CT molecular complexity index is 3670. The molecule has 0 aromatic carbocycles. The van der Waals surface area contributed by atoms with Crippen LogP contribution in [0.1, 0.15) is 0 Å². The maximum atomic E-state index is 12.2. The van der Waals surface area contributed by atoms with Crippen molar-refractivity contribution >= 4 is 0 Å². The molecule has 143 heavy (non-hydrogen) atoms. The van der Waals surface area contributed by atoms with Crippen molar-refractivity contribution in [1.29, 1.82) is 0 Å². The fraction of sp³-hybridized carbons (Fsp3) is 1.00. The van der Waals surface area contributed by atoms with Crippen molar-refractivity contribution in [2.75, 3.05) is 85.9 Å². The van der Waals surface area contributed by atoms with Crippen LogP contribution in [0, 0.1) is 0 Å². The summed E-state index contributed by atoms with van der Waals surface area (Å²) in [5.74, 6) is 0. The lowest BCUT2D eigenvalue weighted by molar-refractivity contribution is -0.401. The van der Waals surface area contributed by atoms with Gasteiger partial charge < -0.3 is 322 Å². The minimum absolute atomic E-state index is 0.924. The third-order valence-electron chi connectivity index (χ3n) is 27.4. The molecule has 0 amide bonds. The minimum atomic E-state index is -2.56. The molecular formula is C78H130O65. The number of aliphatic hydroxyl groups excluding tert-OH is 39. The molecule has 0 aliphatic carbocycles. The molecule has 0 radical (unpaired) electrons. The summed E-state index contributed by atoms with van der Waals surface area (Å²) in [6.45, 7) is -15.2. The summed E-state index contributed by atoms with van der Waals surface area (Å²) in [6, 6.07) is 0. The van der Waals surface area contributed by atoms with Crippen LogP contribution in [0.25, 0.3) is 0 Å². The Morgan fingerprint density at radius 2 is 0.280 bits per heavy atom. The van der Waals surface area contributed by atoms with Crippen molar-refractivity contribution in [3.05, 3.63) is 0 Å². The second-order valence-corrected chi connectivity index (χ2v) is 36.6. The molecule has 65 atom stereocenters.